The largest absolute Gasteiger partial charge is 0.417 e. The quantitative estimate of drug-likeness (QED) is 0.170. The van der Waals surface area contributed by atoms with Crippen molar-refractivity contribution in [1.82, 2.24) is 15.2 Å². The van der Waals surface area contributed by atoms with Gasteiger partial charge in [-0.25, -0.2) is 0 Å². The van der Waals surface area contributed by atoms with E-state index in [4.69, 9.17) is 10.7 Å². The molecule has 0 bridgehead atoms. The lowest BCUT2D eigenvalue weighted by atomic mass is 10.7. The molecule has 0 amide bonds. The molecular formula is C2HN7O3. The molecule has 0 spiro atoms. The van der Waals surface area contributed by atoms with Gasteiger partial charge in [0.1, 0.15) is 0 Å². The van der Waals surface area contributed by atoms with Crippen molar-refractivity contribution in [2.24, 2.45) is 5.11 Å². The molecule has 0 saturated heterocycles. The molecule has 0 atom stereocenters. The van der Waals surface area contributed by atoms with Crippen LogP contribution in [0.1, 0.15) is 0 Å². The first-order valence-corrected chi connectivity index (χ1v) is 2.51. The Bertz CT molecular complexity index is 361. The molecule has 62 valence electrons. The first kappa shape index (κ1) is 7.75. The monoisotopic (exact) mass is 171 g/mol. The summed E-state index contributed by atoms with van der Waals surface area (Å²) in [5.41, 5.74) is 7.91. The first-order chi connectivity index (χ1) is 5.66. The third-order valence-corrected chi connectivity index (χ3v) is 0.926. The summed E-state index contributed by atoms with van der Waals surface area (Å²) in [6.07, 6.45) is 0. The number of rotatable bonds is 2. The highest BCUT2D eigenvalue weighted by Gasteiger charge is 2.22. The molecule has 0 fully saturated rings. The Morgan fingerprint density at radius 1 is 1.83 bits per heavy atom. The SMILES string of the molecule is [N-]=[N+]=Nc1nnn(O)c1[N+](=O)[O-]. The van der Waals surface area contributed by atoms with Crippen LogP contribution in [0.4, 0.5) is 11.6 Å². The van der Waals surface area contributed by atoms with E-state index in [9.17, 15) is 10.1 Å². The zero-order chi connectivity index (χ0) is 9.14. The lowest BCUT2D eigenvalue weighted by Crippen LogP contribution is -1.99. The molecule has 0 saturated carbocycles. The van der Waals surface area contributed by atoms with Crippen molar-refractivity contribution in [3.05, 3.63) is 20.6 Å². The van der Waals surface area contributed by atoms with Crippen molar-refractivity contribution in [2.75, 3.05) is 0 Å². The normalized spacial score (nSPS) is 9.00. The maximum Gasteiger partial charge on any atom is 0.417 e. The van der Waals surface area contributed by atoms with E-state index in [0.29, 0.717) is 0 Å². The van der Waals surface area contributed by atoms with Gasteiger partial charge in [0.05, 0.1) is 10.1 Å². The molecule has 0 aliphatic carbocycles. The van der Waals surface area contributed by atoms with Crippen LogP contribution in [0, 0.1) is 10.1 Å². The van der Waals surface area contributed by atoms with Gasteiger partial charge >= 0.3 is 5.82 Å². The molecule has 10 nitrogen and oxygen atoms in total. The topological polar surface area (TPSA) is 143 Å². The van der Waals surface area contributed by atoms with Crippen LogP contribution in [-0.2, 0) is 0 Å². The van der Waals surface area contributed by atoms with Crippen LogP contribution < -0.4 is 0 Å². The highest BCUT2D eigenvalue weighted by molar-refractivity contribution is 5.43. The summed E-state index contributed by atoms with van der Waals surface area (Å²) in [5.74, 6) is -1.45. The Hall–Kier alpha value is -2.35. The summed E-state index contributed by atoms with van der Waals surface area (Å²) in [4.78, 5) is 11.3. The number of azide groups is 1. The van der Waals surface area contributed by atoms with E-state index in [0.717, 1.165) is 0 Å². The standard InChI is InChI=1S/C2HN7O3/c3-6-4-1-2(9(11)12)8(10)7-5-1/h10H. The van der Waals surface area contributed by atoms with Crippen LogP contribution >= 0.6 is 0 Å². The maximum absolute atomic E-state index is 10.1. The highest BCUT2D eigenvalue weighted by atomic mass is 16.6. The number of hydrogen-bond acceptors (Lipinski definition) is 6. The minimum absolute atomic E-state index is 0.0794. The van der Waals surface area contributed by atoms with Gasteiger partial charge in [0, 0.05) is 4.91 Å². The summed E-state index contributed by atoms with van der Waals surface area (Å²) in [5, 5.41) is 27.5. The number of hydrogen-bond donors (Lipinski definition) is 1. The Kier molecular flexibility index (Phi) is 1.76. The van der Waals surface area contributed by atoms with Crippen LogP contribution in [0.3, 0.4) is 0 Å². The van der Waals surface area contributed by atoms with Crippen molar-refractivity contribution in [1.29, 1.82) is 0 Å². The Morgan fingerprint density at radius 2 is 2.50 bits per heavy atom. The Balaban J connectivity index is 3.30. The second-order valence-electron chi connectivity index (χ2n) is 1.57. The molecule has 1 aromatic heterocycles. The zero-order valence-corrected chi connectivity index (χ0v) is 5.39. The maximum atomic E-state index is 10.1. The van der Waals surface area contributed by atoms with Crippen LogP contribution in [0.15, 0.2) is 5.11 Å². The van der Waals surface area contributed by atoms with Crippen molar-refractivity contribution < 1.29 is 10.1 Å². The van der Waals surface area contributed by atoms with Gasteiger partial charge in [-0.1, -0.05) is 5.10 Å². The smallest absolute Gasteiger partial charge is 0.358 e. The van der Waals surface area contributed by atoms with E-state index in [2.05, 4.69) is 20.3 Å². The minimum Gasteiger partial charge on any atom is -0.358 e. The second-order valence-corrected chi connectivity index (χ2v) is 1.57. The average Bonchev–Trinajstić information content (AvgIpc) is 2.32. The van der Waals surface area contributed by atoms with Gasteiger partial charge in [-0.05, 0) is 15.6 Å². The van der Waals surface area contributed by atoms with Crippen LogP contribution in [0.2, 0.25) is 0 Å². The van der Waals surface area contributed by atoms with Gasteiger partial charge in [-0.15, -0.1) is 0 Å². The van der Waals surface area contributed by atoms with Crippen molar-refractivity contribution >= 4 is 11.6 Å². The predicted octanol–water partition coefficient (Wildman–Crippen LogP) is 0.365. The molecule has 0 unspecified atom stereocenters. The van der Waals surface area contributed by atoms with Crippen molar-refractivity contribution in [3.8, 4) is 0 Å². The molecular weight excluding hydrogens is 170 g/mol. The van der Waals surface area contributed by atoms with Crippen LogP contribution in [0.5, 0.6) is 0 Å². The summed E-state index contributed by atoms with van der Waals surface area (Å²) in [6.45, 7) is 0. The van der Waals surface area contributed by atoms with Gasteiger partial charge in [-0.2, -0.15) is 0 Å². The molecule has 0 aromatic carbocycles. The molecule has 1 aromatic rings. The van der Waals surface area contributed by atoms with Crippen LogP contribution in [-0.4, -0.2) is 25.3 Å². The molecule has 1 N–H and O–H groups in total. The fourth-order valence-corrected chi connectivity index (χ4v) is 0.523. The molecule has 10 heteroatoms. The number of nitrogens with zero attached hydrogens (tertiary/aromatic N) is 7. The van der Waals surface area contributed by atoms with Crippen LogP contribution in [0.25, 0.3) is 10.4 Å². The predicted molar refractivity (Wildman–Crippen MR) is 32.7 cm³/mol. The van der Waals surface area contributed by atoms with E-state index in [-0.39, 0.29) is 4.85 Å². The third-order valence-electron chi connectivity index (χ3n) is 0.926. The first-order valence-electron chi connectivity index (χ1n) is 2.51. The minimum atomic E-state index is -0.968. The highest BCUT2D eigenvalue weighted by Crippen LogP contribution is 2.21. The Morgan fingerprint density at radius 3 is 3.00 bits per heavy atom. The van der Waals surface area contributed by atoms with E-state index >= 15 is 0 Å². The fourth-order valence-electron chi connectivity index (χ4n) is 0.523. The Labute approximate surface area is 63.8 Å². The second kappa shape index (κ2) is 2.72. The molecule has 0 radical (unpaired) electrons. The average molecular weight is 171 g/mol. The molecule has 1 heterocycles. The number of nitro groups is 1. The van der Waals surface area contributed by atoms with Gasteiger partial charge in [0.25, 0.3) is 5.82 Å². The molecule has 0 aliphatic rings. The van der Waals surface area contributed by atoms with Gasteiger partial charge < -0.3 is 15.3 Å². The lowest BCUT2D eigenvalue weighted by Gasteiger charge is -1.88. The number of aromatic nitrogens is 3. The van der Waals surface area contributed by atoms with Gasteiger partial charge in [0.15, 0.2) is 0 Å². The summed E-state index contributed by atoms with van der Waals surface area (Å²) >= 11 is 0. The zero-order valence-electron chi connectivity index (χ0n) is 5.39. The van der Waals surface area contributed by atoms with E-state index in [1.807, 2.05) is 0 Å². The molecule has 0 aliphatic heterocycles. The van der Waals surface area contributed by atoms with Gasteiger partial charge in [0.2, 0.25) is 0 Å². The van der Waals surface area contributed by atoms with Crippen molar-refractivity contribution in [2.45, 2.75) is 0 Å². The van der Waals surface area contributed by atoms with Gasteiger partial charge in [-0.3, -0.25) is 0 Å². The summed E-state index contributed by atoms with van der Waals surface area (Å²) in [7, 11) is 0. The summed E-state index contributed by atoms with van der Waals surface area (Å²) in [6, 6.07) is 0. The molecule has 12 heavy (non-hydrogen) atoms. The van der Waals surface area contributed by atoms with Crippen molar-refractivity contribution in [3.63, 3.8) is 0 Å². The third kappa shape index (κ3) is 1.09. The van der Waals surface area contributed by atoms with E-state index in [1.54, 1.807) is 0 Å². The fraction of sp³-hybridized carbons (Fsp3) is 0. The van der Waals surface area contributed by atoms with E-state index in [1.165, 1.54) is 0 Å². The lowest BCUT2D eigenvalue weighted by molar-refractivity contribution is -0.397. The molecule has 1 rings (SSSR count). The summed E-state index contributed by atoms with van der Waals surface area (Å²) < 4.78 is 0. The van der Waals surface area contributed by atoms with E-state index < -0.39 is 16.6 Å².